The average molecular weight is 246 g/mol. The first-order valence-electron chi connectivity index (χ1n) is 7.26. The Morgan fingerprint density at radius 2 is 2.00 bits per heavy atom. The van der Waals surface area contributed by atoms with Gasteiger partial charge in [0.2, 0.25) is 0 Å². The Bertz CT molecular complexity index is 356. The molecule has 1 aromatic carbocycles. The van der Waals surface area contributed by atoms with E-state index in [9.17, 15) is 0 Å². The molecule has 1 unspecified atom stereocenters. The molecule has 0 aromatic heterocycles. The maximum absolute atomic E-state index is 3.46. The van der Waals surface area contributed by atoms with Gasteiger partial charge in [0.25, 0.3) is 0 Å². The van der Waals surface area contributed by atoms with E-state index in [-0.39, 0.29) is 0 Å². The summed E-state index contributed by atoms with van der Waals surface area (Å²) in [6.45, 7) is 11.3. The van der Waals surface area contributed by atoms with Crippen LogP contribution in [0, 0.1) is 5.92 Å². The Balaban J connectivity index is 1.92. The summed E-state index contributed by atoms with van der Waals surface area (Å²) in [5, 5.41) is 3.46. The number of hydrogen-bond donors (Lipinski definition) is 1. The van der Waals surface area contributed by atoms with Crippen LogP contribution in [0.5, 0.6) is 0 Å². The van der Waals surface area contributed by atoms with Crippen molar-refractivity contribution in [1.29, 1.82) is 0 Å². The minimum atomic E-state index is 0.624. The fourth-order valence-corrected chi connectivity index (χ4v) is 2.65. The highest BCUT2D eigenvalue weighted by atomic mass is 15.2. The minimum absolute atomic E-state index is 0.624. The van der Waals surface area contributed by atoms with Gasteiger partial charge in [-0.1, -0.05) is 32.9 Å². The van der Waals surface area contributed by atoms with Crippen molar-refractivity contribution < 1.29 is 0 Å². The van der Waals surface area contributed by atoms with Crippen molar-refractivity contribution in [2.24, 2.45) is 5.92 Å². The zero-order valence-electron chi connectivity index (χ0n) is 11.9. The van der Waals surface area contributed by atoms with E-state index in [0.29, 0.717) is 5.92 Å². The molecule has 0 aliphatic carbocycles. The molecule has 1 aromatic rings. The molecule has 1 aliphatic rings. The smallest absolute Gasteiger partial charge is 0.0366 e. The van der Waals surface area contributed by atoms with Crippen molar-refractivity contribution in [1.82, 2.24) is 5.32 Å². The highest BCUT2D eigenvalue weighted by Gasteiger charge is 2.22. The second kappa shape index (κ2) is 6.24. The summed E-state index contributed by atoms with van der Waals surface area (Å²) in [6, 6.07) is 9.12. The predicted molar refractivity (Wildman–Crippen MR) is 79.4 cm³/mol. The maximum atomic E-state index is 3.46. The van der Waals surface area contributed by atoms with Gasteiger partial charge in [-0.3, -0.25) is 0 Å². The van der Waals surface area contributed by atoms with E-state index < -0.39 is 0 Å². The van der Waals surface area contributed by atoms with Crippen molar-refractivity contribution in [3.05, 3.63) is 29.8 Å². The van der Waals surface area contributed by atoms with E-state index >= 15 is 0 Å². The molecule has 1 aliphatic heterocycles. The van der Waals surface area contributed by atoms with Crippen LogP contribution in [0.3, 0.4) is 0 Å². The summed E-state index contributed by atoms with van der Waals surface area (Å²) in [5.41, 5.74) is 2.82. The molecular formula is C16H26N2. The van der Waals surface area contributed by atoms with Gasteiger partial charge in [0, 0.05) is 18.8 Å². The Hall–Kier alpha value is -1.02. The summed E-state index contributed by atoms with van der Waals surface area (Å²) in [6.07, 6.45) is 1.32. The molecule has 0 bridgehead atoms. The van der Waals surface area contributed by atoms with Gasteiger partial charge in [-0.15, -0.1) is 0 Å². The third-order valence-electron chi connectivity index (χ3n) is 3.89. The number of nitrogens with zero attached hydrogens (tertiary/aromatic N) is 1. The van der Waals surface area contributed by atoms with Crippen LogP contribution in [0.2, 0.25) is 0 Å². The Morgan fingerprint density at radius 3 is 2.61 bits per heavy atom. The zero-order chi connectivity index (χ0) is 13.0. The lowest BCUT2D eigenvalue weighted by Gasteiger charge is -2.19. The molecule has 0 spiro atoms. The first-order chi connectivity index (χ1) is 8.70. The quantitative estimate of drug-likeness (QED) is 0.858. The van der Waals surface area contributed by atoms with Gasteiger partial charge in [0.1, 0.15) is 0 Å². The van der Waals surface area contributed by atoms with Gasteiger partial charge in [0.15, 0.2) is 0 Å². The molecule has 2 heteroatoms. The Morgan fingerprint density at radius 1 is 1.28 bits per heavy atom. The largest absolute Gasteiger partial charge is 0.371 e. The lowest BCUT2D eigenvalue weighted by Crippen LogP contribution is -2.26. The second-order valence-corrected chi connectivity index (χ2v) is 5.65. The molecule has 1 heterocycles. The van der Waals surface area contributed by atoms with Crippen molar-refractivity contribution in [2.45, 2.75) is 33.1 Å². The highest BCUT2D eigenvalue weighted by molar-refractivity contribution is 5.48. The van der Waals surface area contributed by atoms with Gasteiger partial charge >= 0.3 is 0 Å². The molecule has 2 nitrogen and oxygen atoms in total. The first kappa shape index (κ1) is 13.4. The van der Waals surface area contributed by atoms with Gasteiger partial charge in [0.05, 0.1) is 0 Å². The number of hydrogen-bond acceptors (Lipinski definition) is 2. The van der Waals surface area contributed by atoms with E-state index in [1.165, 1.54) is 30.8 Å². The summed E-state index contributed by atoms with van der Waals surface area (Å²) >= 11 is 0. The van der Waals surface area contributed by atoms with Crippen LogP contribution in [0.25, 0.3) is 0 Å². The third kappa shape index (κ3) is 3.26. The van der Waals surface area contributed by atoms with Crippen molar-refractivity contribution >= 4 is 5.69 Å². The molecule has 100 valence electrons. The predicted octanol–water partition coefficient (Wildman–Crippen LogP) is 3.25. The fourth-order valence-electron chi connectivity index (χ4n) is 2.65. The van der Waals surface area contributed by atoms with Crippen LogP contribution in [-0.2, 0) is 0 Å². The number of nitrogens with one attached hydrogen (secondary N) is 1. The molecule has 1 atom stereocenters. The lowest BCUT2D eigenvalue weighted by molar-refractivity contribution is 0.528. The van der Waals surface area contributed by atoms with E-state index in [2.05, 4.69) is 55.3 Å². The molecule has 0 radical (unpaired) electrons. The van der Waals surface area contributed by atoms with Crippen LogP contribution in [0.4, 0.5) is 5.69 Å². The standard InChI is InChI=1S/C16H26N2/c1-4-17-11-14-9-10-18(12-14)16-7-5-15(6-8-16)13(2)3/h5-8,13-14,17H,4,9-12H2,1-3H3. The normalized spacial score (nSPS) is 19.8. The van der Waals surface area contributed by atoms with Gasteiger partial charge in [-0.25, -0.2) is 0 Å². The van der Waals surface area contributed by atoms with E-state index in [1.807, 2.05) is 0 Å². The number of rotatable bonds is 5. The van der Waals surface area contributed by atoms with Crippen LogP contribution >= 0.6 is 0 Å². The summed E-state index contributed by atoms with van der Waals surface area (Å²) in [4.78, 5) is 2.52. The Labute approximate surface area is 111 Å². The second-order valence-electron chi connectivity index (χ2n) is 5.65. The van der Waals surface area contributed by atoms with Crippen molar-refractivity contribution in [2.75, 3.05) is 31.1 Å². The van der Waals surface area contributed by atoms with Crippen LogP contribution in [0.1, 0.15) is 38.7 Å². The van der Waals surface area contributed by atoms with Gasteiger partial charge in [-0.2, -0.15) is 0 Å². The monoisotopic (exact) mass is 246 g/mol. The topological polar surface area (TPSA) is 15.3 Å². The molecule has 0 saturated carbocycles. The molecular weight excluding hydrogens is 220 g/mol. The summed E-state index contributed by atoms with van der Waals surface area (Å²) in [7, 11) is 0. The van der Waals surface area contributed by atoms with Gasteiger partial charge in [-0.05, 0) is 49.0 Å². The molecule has 1 fully saturated rings. The summed E-state index contributed by atoms with van der Waals surface area (Å²) < 4.78 is 0. The van der Waals surface area contributed by atoms with Crippen LogP contribution < -0.4 is 10.2 Å². The van der Waals surface area contributed by atoms with Crippen molar-refractivity contribution in [3.63, 3.8) is 0 Å². The SMILES string of the molecule is CCNCC1CCN(c2ccc(C(C)C)cc2)C1. The number of anilines is 1. The Kier molecular flexibility index (Phi) is 4.65. The first-order valence-corrected chi connectivity index (χ1v) is 7.26. The van der Waals surface area contributed by atoms with E-state index in [1.54, 1.807) is 0 Å². The van der Waals surface area contributed by atoms with Gasteiger partial charge < -0.3 is 10.2 Å². The molecule has 1 saturated heterocycles. The minimum Gasteiger partial charge on any atom is -0.371 e. The van der Waals surface area contributed by atoms with Crippen molar-refractivity contribution in [3.8, 4) is 0 Å². The van der Waals surface area contributed by atoms with E-state index in [4.69, 9.17) is 0 Å². The van der Waals surface area contributed by atoms with Crippen LogP contribution in [-0.4, -0.2) is 26.2 Å². The fraction of sp³-hybridized carbons (Fsp3) is 0.625. The van der Waals surface area contributed by atoms with Crippen LogP contribution in [0.15, 0.2) is 24.3 Å². The number of benzene rings is 1. The average Bonchev–Trinajstić information content (AvgIpc) is 2.85. The highest BCUT2D eigenvalue weighted by Crippen LogP contribution is 2.25. The lowest BCUT2D eigenvalue weighted by atomic mass is 10.0. The molecule has 0 amide bonds. The molecule has 18 heavy (non-hydrogen) atoms. The third-order valence-corrected chi connectivity index (χ3v) is 3.89. The zero-order valence-corrected chi connectivity index (χ0v) is 11.9. The molecule has 2 rings (SSSR count). The molecule has 1 N–H and O–H groups in total. The summed E-state index contributed by atoms with van der Waals surface area (Å²) in [5.74, 6) is 1.44. The maximum Gasteiger partial charge on any atom is 0.0366 e. The van der Waals surface area contributed by atoms with E-state index in [0.717, 1.165) is 19.0 Å².